The van der Waals surface area contributed by atoms with E-state index in [1.807, 2.05) is 35.4 Å². The number of benzene rings is 2. The molecule has 0 bridgehead atoms. The number of halogens is 3. The molecule has 0 atom stereocenters. The van der Waals surface area contributed by atoms with Gasteiger partial charge in [-0.05, 0) is 42.0 Å². The van der Waals surface area contributed by atoms with Gasteiger partial charge in [-0.25, -0.2) is 0 Å². The van der Waals surface area contributed by atoms with Crippen LogP contribution < -0.4 is 0 Å². The lowest BCUT2D eigenvalue weighted by Gasteiger charge is -2.34. The van der Waals surface area contributed by atoms with Crippen LogP contribution in [0.5, 0.6) is 0 Å². The van der Waals surface area contributed by atoms with E-state index in [0.29, 0.717) is 38.3 Å². The molecule has 1 aromatic heterocycles. The molecule has 0 unspecified atom stereocenters. The SMILES string of the molecule is O=C(c1ccc2[nH]ccc2c1)N1CCN(Cc2ccc(C(F)(F)F)cc2)CC1. The van der Waals surface area contributed by atoms with Crippen molar-refractivity contribution in [3.05, 3.63) is 71.4 Å². The van der Waals surface area contributed by atoms with Gasteiger partial charge < -0.3 is 9.88 Å². The van der Waals surface area contributed by atoms with Crippen LogP contribution in [0.15, 0.2) is 54.7 Å². The van der Waals surface area contributed by atoms with Crippen LogP contribution in [-0.4, -0.2) is 46.9 Å². The first-order valence-corrected chi connectivity index (χ1v) is 9.15. The molecule has 0 radical (unpaired) electrons. The number of hydrogen-bond acceptors (Lipinski definition) is 2. The molecule has 28 heavy (non-hydrogen) atoms. The van der Waals surface area contributed by atoms with Gasteiger partial charge in [-0.15, -0.1) is 0 Å². The fourth-order valence-electron chi connectivity index (χ4n) is 3.54. The van der Waals surface area contributed by atoms with Gasteiger partial charge >= 0.3 is 6.18 Å². The van der Waals surface area contributed by atoms with Crippen molar-refractivity contribution in [3.8, 4) is 0 Å². The fourth-order valence-corrected chi connectivity index (χ4v) is 3.54. The molecule has 1 aliphatic rings. The van der Waals surface area contributed by atoms with E-state index in [1.54, 1.807) is 0 Å². The van der Waals surface area contributed by atoms with Gasteiger partial charge in [0, 0.05) is 55.4 Å². The van der Waals surface area contributed by atoms with Crippen LogP contribution in [0, 0.1) is 0 Å². The number of carbonyl (C=O) groups is 1. The van der Waals surface area contributed by atoms with Crippen LogP contribution in [0.25, 0.3) is 10.9 Å². The molecule has 1 aliphatic heterocycles. The molecule has 0 aliphatic carbocycles. The molecule has 2 heterocycles. The zero-order chi connectivity index (χ0) is 19.7. The number of hydrogen-bond donors (Lipinski definition) is 1. The second-order valence-electron chi connectivity index (χ2n) is 7.04. The second-order valence-corrected chi connectivity index (χ2v) is 7.04. The first-order chi connectivity index (χ1) is 13.4. The van der Waals surface area contributed by atoms with E-state index in [-0.39, 0.29) is 5.91 Å². The highest BCUT2D eigenvalue weighted by Gasteiger charge is 2.30. The van der Waals surface area contributed by atoms with Crippen LogP contribution in [0.1, 0.15) is 21.5 Å². The minimum atomic E-state index is -4.31. The maximum Gasteiger partial charge on any atom is 0.416 e. The van der Waals surface area contributed by atoms with E-state index in [2.05, 4.69) is 9.88 Å². The van der Waals surface area contributed by atoms with Crippen molar-refractivity contribution in [1.82, 2.24) is 14.8 Å². The molecule has 1 fully saturated rings. The Labute approximate surface area is 160 Å². The summed E-state index contributed by atoms with van der Waals surface area (Å²) in [5.41, 5.74) is 1.87. The van der Waals surface area contributed by atoms with Crippen LogP contribution in [-0.2, 0) is 12.7 Å². The number of piperazine rings is 1. The molecule has 1 N–H and O–H groups in total. The predicted octanol–water partition coefficient (Wildman–Crippen LogP) is 4.14. The number of nitrogens with one attached hydrogen (secondary N) is 1. The number of carbonyl (C=O) groups excluding carboxylic acids is 1. The van der Waals surface area contributed by atoms with Crippen molar-refractivity contribution in [2.75, 3.05) is 26.2 Å². The van der Waals surface area contributed by atoms with Crippen molar-refractivity contribution in [1.29, 1.82) is 0 Å². The summed E-state index contributed by atoms with van der Waals surface area (Å²) in [7, 11) is 0. The average molecular weight is 387 g/mol. The Balaban J connectivity index is 1.34. The largest absolute Gasteiger partial charge is 0.416 e. The van der Waals surface area contributed by atoms with Gasteiger partial charge in [0.15, 0.2) is 0 Å². The Kier molecular flexibility index (Phi) is 4.85. The normalized spacial score (nSPS) is 15.9. The smallest absolute Gasteiger partial charge is 0.361 e. The Morgan fingerprint density at radius 2 is 1.68 bits per heavy atom. The molecule has 1 amide bonds. The van der Waals surface area contributed by atoms with Gasteiger partial charge in [-0.1, -0.05) is 12.1 Å². The van der Waals surface area contributed by atoms with E-state index in [9.17, 15) is 18.0 Å². The van der Waals surface area contributed by atoms with E-state index in [4.69, 9.17) is 0 Å². The predicted molar refractivity (Wildman–Crippen MR) is 101 cm³/mol. The van der Waals surface area contributed by atoms with Crippen molar-refractivity contribution >= 4 is 16.8 Å². The highest BCUT2D eigenvalue weighted by molar-refractivity contribution is 5.98. The standard InChI is InChI=1S/C21H20F3N3O/c22-21(23,24)18-4-1-15(2-5-18)14-26-9-11-27(12-10-26)20(28)17-3-6-19-16(13-17)7-8-25-19/h1-8,13,25H,9-12,14H2. The molecule has 0 saturated carbocycles. The highest BCUT2D eigenvalue weighted by Crippen LogP contribution is 2.29. The summed E-state index contributed by atoms with van der Waals surface area (Å²) in [5, 5.41) is 1.01. The molecule has 4 rings (SSSR count). The molecule has 3 aromatic rings. The van der Waals surface area contributed by atoms with Crippen LogP contribution in [0.2, 0.25) is 0 Å². The topological polar surface area (TPSA) is 39.3 Å². The zero-order valence-corrected chi connectivity index (χ0v) is 15.2. The maximum absolute atomic E-state index is 12.8. The summed E-state index contributed by atoms with van der Waals surface area (Å²) in [4.78, 5) is 19.8. The third-order valence-electron chi connectivity index (χ3n) is 5.15. The van der Waals surface area contributed by atoms with E-state index < -0.39 is 11.7 Å². The summed E-state index contributed by atoms with van der Waals surface area (Å²) < 4.78 is 38.0. The third kappa shape index (κ3) is 3.89. The van der Waals surface area contributed by atoms with Crippen molar-refractivity contribution in [2.24, 2.45) is 0 Å². The van der Waals surface area contributed by atoms with Crippen LogP contribution in [0.4, 0.5) is 13.2 Å². The first-order valence-electron chi connectivity index (χ1n) is 9.15. The van der Waals surface area contributed by atoms with Crippen LogP contribution in [0.3, 0.4) is 0 Å². The number of amides is 1. The number of aromatic amines is 1. The maximum atomic E-state index is 12.8. The van der Waals surface area contributed by atoms with Gasteiger partial charge in [-0.2, -0.15) is 13.2 Å². The minimum Gasteiger partial charge on any atom is -0.361 e. The first kappa shape index (κ1) is 18.6. The molecule has 1 saturated heterocycles. The number of nitrogens with zero attached hydrogens (tertiary/aromatic N) is 2. The van der Waals surface area contributed by atoms with Gasteiger partial charge in [0.05, 0.1) is 5.56 Å². The minimum absolute atomic E-state index is 0.0114. The number of fused-ring (bicyclic) bond motifs is 1. The average Bonchev–Trinajstić information content (AvgIpc) is 3.15. The lowest BCUT2D eigenvalue weighted by molar-refractivity contribution is -0.137. The molecule has 146 valence electrons. The van der Waals surface area contributed by atoms with Crippen molar-refractivity contribution in [2.45, 2.75) is 12.7 Å². The summed E-state index contributed by atoms with van der Waals surface area (Å²) in [6.07, 6.45) is -2.47. The molecule has 4 nitrogen and oxygen atoms in total. The summed E-state index contributed by atoms with van der Waals surface area (Å²) in [5.74, 6) is 0.0114. The Bertz CT molecular complexity index is 970. The lowest BCUT2D eigenvalue weighted by atomic mass is 10.1. The second kappa shape index (κ2) is 7.31. The molecule has 2 aromatic carbocycles. The monoisotopic (exact) mass is 387 g/mol. The Hall–Kier alpha value is -2.80. The molecule has 7 heteroatoms. The summed E-state index contributed by atoms with van der Waals surface area (Å²) >= 11 is 0. The van der Waals surface area contributed by atoms with E-state index >= 15 is 0 Å². The van der Waals surface area contributed by atoms with Crippen molar-refractivity contribution < 1.29 is 18.0 Å². The zero-order valence-electron chi connectivity index (χ0n) is 15.2. The number of rotatable bonds is 3. The Morgan fingerprint density at radius 3 is 2.36 bits per heavy atom. The van der Waals surface area contributed by atoms with Gasteiger partial charge in [0.25, 0.3) is 5.91 Å². The lowest BCUT2D eigenvalue weighted by Crippen LogP contribution is -2.48. The number of aromatic nitrogens is 1. The van der Waals surface area contributed by atoms with Gasteiger partial charge in [0.1, 0.15) is 0 Å². The quantitative estimate of drug-likeness (QED) is 0.734. The summed E-state index contributed by atoms with van der Waals surface area (Å²) in [6.45, 7) is 3.17. The highest BCUT2D eigenvalue weighted by atomic mass is 19.4. The van der Waals surface area contributed by atoms with E-state index in [1.165, 1.54) is 12.1 Å². The van der Waals surface area contributed by atoms with Gasteiger partial charge in [-0.3, -0.25) is 9.69 Å². The Morgan fingerprint density at radius 1 is 0.964 bits per heavy atom. The van der Waals surface area contributed by atoms with Crippen molar-refractivity contribution in [3.63, 3.8) is 0 Å². The molecular weight excluding hydrogens is 367 g/mol. The molecule has 0 spiro atoms. The molecular formula is C21H20F3N3O. The number of alkyl halides is 3. The van der Waals surface area contributed by atoms with Crippen LogP contribution >= 0.6 is 0 Å². The third-order valence-corrected chi connectivity index (χ3v) is 5.15. The van der Waals surface area contributed by atoms with Gasteiger partial charge in [0.2, 0.25) is 0 Å². The van der Waals surface area contributed by atoms with E-state index in [0.717, 1.165) is 28.6 Å². The fraction of sp³-hybridized carbons (Fsp3) is 0.286. The summed E-state index contributed by atoms with van der Waals surface area (Å²) in [6, 6.07) is 12.8. The number of H-pyrrole nitrogens is 1.